The molecule has 5 nitrogen and oxygen atoms in total. The number of benzene rings is 6. The number of phenolic OH excluding ortho intramolecular Hbond substituents is 1. The molecule has 0 spiro atoms. The van der Waals surface area contributed by atoms with E-state index in [4.69, 9.17) is 15.0 Å². The van der Waals surface area contributed by atoms with Crippen molar-refractivity contribution in [2.24, 2.45) is 0 Å². The number of phenols is 1. The van der Waals surface area contributed by atoms with Crippen LogP contribution >= 0.6 is 0 Å². The van der Waals surface area contributed by atoms with Gasteiger partial charge in [0, 0.05) is 34.6 Å². The third-order valence-corrected chi connectivity index (χ3v) is 11.4. The quantitative estimate of drug-likeness (QED) is 0.175. The van der Waals surface area contributed by atoms with Gasteiger partial charge in [-0.3, -0.25) is 9.55 Å². The molecule has 0 atom stereocenters. The predicted octanol–water partition coefficient (Wildman–Crippen LogP) is 14.1. The Bertz CT molecular complexity index is 2990. The van der Waals surface area contributed by atoms with Crippen LogP contribution in [-0.4, -0.2) is 24.6 Å². The summed E-state index contributed by atoms with van der Waals surface area (Å²) in [5.41, 5.74) is 15.1. The van der Waals surface area contributed by atoms with E-state index in [9.17, 15) is 5.11 Å². The fourth-order valence-corrected chi connectivity index (χ4v) is 8.05. The molecule has 3 heterocycles. The van der Waals surface area contributed by atoms with E-state index in [0.717, 1.165) is 67.0 Å². The summed E-state index contributed by atoms with van der Waals surface area (Å²) in [5.74, 6) is 0.861. The van der Waals surface area contributed by atoms with Gasteiger partial charge < -0.3 is 5.11 Å². The van der Waals surface area contributed by atoms with E-state index >= 15 is 0 Å². The van der Waals surface area contributed by atoms with Gasteiger partial charge in [0.1, 0.15) is 11.3 Å². The van der Waals surface area contributed by atoms with E-state index < -0.39 is 0 Å². The highest BCUT2D eigenvalue weighted by Gasteiger charge is 2.29. The Hall–Kier alpha value is -7.11. The summed E-state index contributed by atoms with van der Waals surface area (Å²) in [5, 5.41) is 12.3. The molecule has 0 fully saturated rings. The average molecular weight is 781 g/mol. The fraction of sp³-hybridized carbons (Fsp3) is 0.145. The van der Waals surface area contributed by atoms with Crippen molar-refractivity contribution in [3.05, 3.63) is 187 Å². The normalized spacial score (nSPS) is 11.9. The molecule has 3 aromatic heterocycles. The summed E-state index contributed by atoms with van der Waals surface area (Å²) >= 11 is 0. The fourth-order valence-electron chi connectivity index (χ4n) is 8.05. The van der Waals surface area contributed by atoms with Crippen LogP contribution in [-0.2, 0) is 10.8 Å². The van der Waals surface area contributed by atoms with Gasteiger partial charge in [-0.15, -0.1) is 0 Å². The van der Waals surface area contributed by atoms with Crippen LogP contribution in [0.3, 0.4) is 0 Å². The molecule has 0 aliphatic rings. The first-order chi connectivity index (χ1) is 28.9. The Morgan fingerprint density at radius 3 is 1.75 bits per heavy atom. The zero-order chi connectivity index (χ0) is 41.6. The summed E-state index contributed by atoms with van der Waals surface area (Å²) < 4.78 is 2.13. The van der Waals surface area contributed by atoms with E-state index in [1.54, 1.807) is 0 Å². The average Bonchev–Trinajstić information content (AvgIpc) is 3.66. The van der Waals surface area contributed by atoms with Crippen molar-refractivity contribution < 1.29 is 5.11 Å². The minimum absolute atomic E-state index is 0.179. The van der Waals surface area contributed by atoms with Gasteiger partial charge in [-0.2, -0.15) is 0 Å². The van der Waals surface area contributed by atoms with Gasteiger partial charge >= 0.3 is 0 Å². The van der Waals surface area contributed by atoms with Crippen molar-refractivity contribution in [3.8, 4) is 78.6 Å². The standard InChI is InChI=1S/C55H48N4O/c1-54(2,3)43-34-46(51(60)47(35-43)55(4,5)6)52-58-50-45(29-31-57-53(50)59(52)49-23-14-13-22-44(49)39-18-11-8-12-19-39)41-20-15-21-42(32-41)48-33-40(28-30-56-48)38-26-24-37(25-27-38)36-16-9-7-10-17-36/h7-35,60H,1-6H3. The third kappa shape index (κ3) is 7.28. The molecule has 0 radical (unpaired) electrons. The van der Waals surface area contributed by atoms with Crippen molar-refractivity contribution >= 4 is 11.2 Å². The number of hydrogen-bond donors (Lipinski definition) is 1. The van der Waals surface area contributed by atoms with Crippen LogP contribution in [0.4, 0.5) is 0 Å². The minimum Gasteiger partial charge on any atom is -0.507 e. The van der Waals surface area contributed by atoms with Gasteiger partial charge in [-0.05, 0) is 86.2 Å². The number of para-hydroxylation sites is 1. The number of imidazole rings is 1. The van der Waals surface area contributed by atoms with Crippen LogP contribution in [0, 0.1) is 0 Å². The molecular weight excluding hydrogens is 733 g/mol. The van der Waals surface area contributed by atoms with Crippen molar-refractivity contribution in [3.63, 3.8) is 0 Å². The zero-order valence-electron chi connectivity index (χ0n) is 35.0. The van der Waals surface area contributed by atoms with Crippen LogP contribution in [0.25, 0.3) is 84.0 Å². The maximum atomic E-state index is 12.3. The second-order valence-electron chi connectivity index (χ2n) is 17.6. The molecule has 0 aliphatic heterocycles. The maximum Gasteiger partial charge on any atom is 0.165 e. The van der Waals surface area contributed by atoms with Gasteiger partial charge in [0.2, 0.25) is 0 Å². The van der Waals surface area contributed by atoms with E-state index in [1.165, 1.54) is 11.1 Å². The maximum absolute atomic E-state index is 12.3. The number of fused-ring (bicyclic) bond motifs is 1. The lowest BCUT2D eigenvalue weighted by Gasteiger charge is -2.27. The summed E-state index contributed by atoms with van der Waals surface area (Å²) in [7, 11) is 0. The van der Waals surface area contributed by atoms with E-state index in [1.807, 2.05) is 30.6 Å². The molecule has 5 heteroatoms. The summed E-state index contributed by atoms with van der Waals surface area (Å²) in [6, 6.07) is 56.9. The lowest BCUT2D eigenvalue weighted by Crippen LogP contribution is -2.17. The van der Waals surface area contributed by atoms with E-state index in [0.29, 0.717) is 17.0 Å². The van der Waals surface area contributed by atoms with Gasteiger partial charge in [0.05, 0.1) is 16.9 Å². The van der Waals surface area contributed by atoms with Crippen LogP contribution in [0.5, 0.6) is 5.75 Å². The van der Waals surface area contributed by atoms with E-state index in [2.05, 4.69) is 192 Å². The Morgan fingerprint density at radius 1 is 0.450 bits per heavy atom. The molecule has 6 aromatic carbocycles. The number of aromatic nitrogens is 4. The van der Waals surface area contributed by atoms with Gasteiger partial charge in [0.25, 0.3) is 0 Å². The number of rotatable bonds is 7. The van der Waals surface area contributed by atoms with Gasteiger partial charge in [-0.25, -0.2) is 9.97 Å². The molecule has 60 heavy (non-hydrogen) atoms. The molecule has 0 bridgehead atoms. The van der Waals surface area contributed by atoms with Crippen molar-refractivity contribution in [2.45, 2.75) is 52.4 Å². The zero-order valence-corrected chi connectivity index (χ0v) is 35.0. The van der Waals surface area contributed by atoms with Crippen molar-refractivity contribution in [1.82, 2.24) is 19.5 Å². The molecule has 0 unspecified atom stereocenters. The third-order valence-electron chi connectivity index (χ3n) is 11.4. The first-order valence-electron chi connectivity index (χ1n) is 20.6. The minimum atomic E-state index is -0.320. The predicted molar refractivity (Wildman–Crippen MR) is 248 cm³/mol. The molecule has 9 aromatic rings. The number of nitrogens with zero attached hydrogens (tertiary/aromatic N) is 4. The first kappa shape index (κ1) is 38.4. The lowest BCUT2D eigenvalue weighted by atomic mass is 9.79. The Kier molecular flexibility index (Phi) is 9.76. The monoisotopic (exact) mass is 780 g/mol. The number of aromatic hydroxyl groups is 1. The molecule has 294 valence electrons. The Morgan fingerprint density at radius 2 is 1.05 bits per heavy atom. The molecule has 0 aliphatic carbocycles. The molecule has 0 saturated heterocycles. The van der Waals surface area contributed by atoms with Crippen LogP contribution < -0.4 is 0 Å². The largest absolute Gasteiger partial charge is 0.507 e. The van der Waals surface area contributed by atoms with Crippen molar-refractivity contribution in [1.29, 1.82) is 0 Å². The highest BCUT2D eigenvalue weighted by atomic mass is 16.3. The van der Waals surface area contributed by atoms with Crippen LogP contribution in [0.2, 0.25) is 0 Å². The molecule has 0 saturated carbocycles. The SMILES string of the molecule is CC(C)(C)c1cc(-c2nc3c(-c4cccc(-c5cc(-c6ccc(-c7ccccc7)cc6)ccn5)c4)ccnc3n2-c2ccccc2-c2ccccc2)c(O)c(C(C)(C)C)c1. The molecular formula is C55H48N4O. The Labute approximate surface area is 352 Å². The first-order valence-corrected chi connectivity index (χ1v) is 20.6. The van der Waals surface area contributed by atoms with Crippen molar-refractivity contribution in [2.75, 3.05) is 0 Å². The topological polar surface area (TPSA) is 63.8 Å². The second-order valence-corrected chi connectivity index (χ2v) is 17.6. The summed E-state index contributed by atoms with van der Waals surface area (Å²) in [4.78, 5) is 15.4. The van der Waals surface area contributed by atoms with Gasteiger partial charge in [0.15, 0.2) is 11.5 Å². The van der Waals surface area contributed by atoms with Gasteiger partial charge in [-0.1, -0.05) is 169 Å². The number of pyridine rings is 2. The number of hydrogen-bond acceptors (Lipinski definition) is 4. The van der Waals surface area contributed by atoms with E-state index in [-0.39, 0.29) is 16.6 Å². The highest BCUT2D eigenvalue weighted by molar-refractivity contribution is 5.95. The lowest BCUT2D eigenvalue weighted by molar-refractivity contribution is 0.446. The summed E-state index contributed by atoms with van der Waals surface area (Å²) in [6.07, 6.45) is 3.75. The van der Waals surface area contributed by atoms with Crippen LogP contribution in [0.1, 0.15) is 52.7 Å². The molecule has 0 amide bonds. The highest BCUT2D eigenvalue weighted by Crippen LogP contribution is 2.45. The molecule has 9 rings (SSSR count). The smallest absolute Gasteiger partial charge is 0.165 e. The summed E-state index contributed by atoms with van der Waals surface area (Å²) in [6.45, 7) is 13.1. The molecule has 1 N–H and O–H groups in total. The second kappa shape index (κ2) is 15.2. The Balaban J connectivity index is 1.21. The van der Waals surface area contributed by atoms with Crippen LogP contribution in [0.15, 0.2) is 176 Å².